The molecule has 18 heteroatoms. The maximum atomic E-state index is 11.2. The summed E-state index contributed by atoms with van der Waals surface area (Å²) in [5.41, 5.74) is 7.69. The fraction of sp³-hybridized carbons (Fsp3) is 1.00. The van der Waals surface area contributed by atoms with E-state index in [1.165, 1.54) is 0 Å². The van der Waals surface area contributed by atoms with Gasteiger partial charge in [-0.05, 0) is 12.8 Å². The second-order valence-corrected chi connectivity index (χ2v) is 13.8. The summed E-state index contributed by atoms with van der Waals surface area (Å²) in [5.74, 6) is 0. The van der Waals surface area contributed by atoms with E-state index in [0.717, 1.165) is 0 Å². The van der Waals surface area contributed by atoms with Crippen LogP contribution in [-0.4, -0.2) is 74.9 Å². The Morgan fingerprint density at radius 1 is 0.500 bits per heavy atom. The van der Waals surface area contributed by atoms with Gasteiger partial charge in [-0.2, -0.15) is 0 Å². The van der Waals surface area contributed by atoms with Gasteiger partial charge in [0, 0.05) is 11.1 Å². The number of hydrogen-bond donors (Lipinski definition) is 10. The molecule has 0 heterocycles. The molecule has 0 rings (SSSR count). The van der Waals surface area contributed by atoms with Crippen molar-refractivity contribution >= 4 is 30.4 Å². The Kier molecular flexibility index (Phi) is 9.95. The third kappa shape index (κ3) is 15.4. The fourth-order valence-electron chi connectivity index (χ4n) is 3.01. The zero-order valence-corrected chi connectivity index (χ0v) is 18.4. The predicted molar refractivity (Wildman–Crippen MR) is 99.9 cm³/mol. The standard InChI is InChI=1S/C10H28N2O12P4/c11-9(5-25(13,14)15,6-26(16,17)18)3-1-2-4-10(12,7-27(19,20)21)8-28(22,23)24/h1-8,11-12H2,(H2,13,14,15)(H2,16,17,18)(H2,19,20,21)(H2,22,23,24). The molecular weight excluding hydrogens is 464 g/mol. The Morgan fingerprint density at radius 3 is 0.821 bits per heavy atom. The first-order valence-corrected chi connectivity index (χ1v) is 15.0. The molecule has 0 aromatic heterocycles. The first kappa shape index (κ1) is 28.5. The Balaban J connectivity index is 5.14. The molecule has 0 saturated carbocycles. The highest BCUT2D eigenvalue weighted by molar-refractivity contribution is 7.53. The third-order valence-electron chi connectivity index (χ3n) is 3.68. The van der Waals surface area contributed by atoms with Crippen LogP contribution in [0.5, 0.6) is 0 Å². The highest BCUT2D eigenvalue weighted by Gasteiger charge is 2.40. The predicted octanol–water partition coefficient (Wildman–Crippen LogP) is -1.35. The molecule has 14 nitrogen and oxygen atoms in total. The number of nitrogens with two attached hydrogens (primary N) is 2. The van der Waals surface area contributed by atoms with Crippen LogP contribution in [-0.2, 0) is 18.3 Å². The zero-order chi connectivity index (χ0) is 22.7. The smallest absolute Gasteiger partial charge is 0.324 e. The van der Waals surface area contributed by atoms with E-state index in [1.807, 2.05) is 0 Å². The largest absolute Gasteiger partial charge is 0.327 e. The lowest BCUT2D eigenvalue weighted by Gasteiger charge is -2.32. The molecule has 0 aromatic carbocycles. The second kappa shape index (κ2) is 9.77. The summed E-state index contributed by atoms with van der Waals surface area (Å²) in [6.45, 7) is 0. The lowest BCUT2D eigenvalue weighted by Crippen LogP contribution is -2.48. The van der Waals surface area contributed by atoms with Crippen LogP contribution >= 0.6 is 30.4 Å². The minimum absolute atomic E-state index is 0.0161. The number of unbranched alkanes of at least 4 members (excludes halogenated alkanes) is 1. The molecule has 0 spiro atoms. The Morgan fingerprint density at radius 2 is 0.679 bits per heavy atom. The van der Waals surface area contributed by atoms with Crippen molar-refractivity contribution in [3.8, 4) is 0 Å². The van der Waals surface area contributed by atoms with Gasteiger partial charge in [0.1, 0.15) is 0 Å². The van der Waals surface area contributed by atoms with E-state index in [9.17, 15) is 18.3 Å². The van der Waals surface area contributed by atoms with Crippen LogP contribution < -0.4 is 11.5 Å². The van der Waals surface area contributed by atoms with Gasteiger partial charge in [-0.15, -0.1) is 0 Å². The summed E-state index contributed by atoms with van der Waals surface area (Å²) in [4.78, 5) is 72.6. The molecule has 28 heavy (non-hydrogen) atoms. The van der Waals surface area contributed by atoms with Gasteiger partial charge in [-0.1, -0.05) is 12.8 Å². The van der Waals surface area contributed by atoms with Crippen LogP contribution in [0, 0.1) is 0 Å². The van der Waals surface area contributed by atoms with E-state index in [1.54, 1.807) is 0 Å². The summed E-state index contributed by atoms with van der Waals surface area (Å²) in [7, 11) is -18.8. The van der Waals surface area contributed by atoms with Gasteiger partial charge < -0.3 is 50.6 Å². The highest BCUT2D eigenvalue weighted by Crippen LogP contribution is 2.47. The molecule has 0 aliphatic carbocycles. The maximum Gasteiger partial charge on any atom is 0.327 e. The van der Waals surface area contributed by atoms with E-state index >= 15 is 0 Å². The average Bonchev–Trinajstić information content (AvgIpc) is 2.24. The van der Waals surface area contributed by atoms with Gasteiger partial charge in [0.15, 0.2) is 0 Å². The minimum Gasteiger partial charge on any atom is -0.324 e. The summed E-state index contributed by atoms with van der Waals surface area (Å²) in [6.07, 6.45) is -4.56. The summed E-state index contributed by atoms with van der Waals surface area (Å²) < 4.78 is 44.8. The Labute approximate surface area is 161 Å². The van der Waals surface area contributed by atoms with Crippen molar-refractivity contribution in [3.05, 3.63) is 0 Å². The van der Waals surface area contributed by atoms with Crippen molar-refractivity contribution < 1.29 is 57.4 Å². The van der Waals surface area contributed by atoms with Gasteiger partial charge in [-0.25, -0.2) is 0 Å². The van der Waals surface area contributed by atoms with Crippen LogP contribution in [0.4, 0.5) is 0 Å². The Hall–Kier alpha value is 0.520. The van der Waals surface area contributed by atoms with Gasteiger partial charge in [0.25, 0.3) is 0 Å². The van der Waals surface area contributed by atoms with Crippen molar-refractivity contribution in [3.63, 3.8) is 0 Å². The van der Waals surface area contributed by atoms with Gasteiger partial charge in [-0.3, -0.25) is 18.3 Å². The van der Waals surface area contributed by atoms with Crippen molar-refractivity contribution in [1.29, 1.82) is 0 Å². The molecule has 0 bridgehead atoms. The highest BCUT2D eigenvalue weighted by atomic mass is 31.2. The van der Waals surface area contributed by atoms with Crippen LogP contribution in [0.3, 0.4) is 0 Å². The molecule has 0 unspecified atom stereocenters. The summed E-state index contributed by atoms with van der Waals surface area (Å²) in [5, 5.41) is 0. The minimum atomic E-state index is -4.71. The van der Waals surface area contributed by atoms with Gasteiger partial charge in [0.2, 0.25) is 0 Å². The molecule has 0 amide bonds. The van der Waals surface area contributed by atoms with Crippen molar-refractivity contribution in [2.24, 2.45) is 11.5 Å². The monoisotopic (exact) mass is 492 g/mol. The SMILES string of the molecule is NC(CCCCC(N)(CP(=O)(O)O)CP(=O)(O)O)(CP(=O)(O)O)CP(=O)(O)O. The number of hydrogen-bond acceptors (Lipinski definition) is 6. The maximum absolute atomic E-state index is 11.2. The molecule has 0 aliphatic rings. The van der Waals surface area contributed by atoms with Crippen molar-refractivity contribution in [2.45, 2.75) is 36.8 Å². The van der Waals surface area contributed by atoms with Crippen molar-refractivity contribution in [2.75, 3.05) is 24.6 Å². The van der Waals surface area contributed by atoms with Crippen LogP contribution in [0.1, 0.15) is 25.7 Å². The molecule has 12 N–H and O–H groups in total. The molecule has 0 radical (unpaired) electrons. The van der Waals surface area contributed by atoms with E-state index in [0.29, 0.717) is 0 Å². The molecule has 0 aromatic rings. The quantitative estimate of drug-likeness (QED) is 0.105. The summed E-state index contributed by atoms with van der Waals surface area (Å²) in [6, 6.07) is 0. The normalized spacial score (nSPS) is 15.1. The van der Waals surface area contributed by atoms with E-state index in [2.05, 4.69) is 0 Å². The lowest BCUT2D eigenvalue weighted by molar-refractivity contribution is 0.312. The molecule has 170 valence electrons. The van der Waals surface area contributed by atoms with Crippen LogP contribution in [0.15, 0.2) is 0 Å². The average molecular weight is 492 g/mol. The first-order chi connectivity index (χ1) is 12.0. The van der Waals surface area contributed by atoms with Crippen molar-refractivity contribution in [1.82, 2.24) is 0 Å². The molecule has 0 saturated heterocycles. The Bertz CT molecular complexity index is 597. The van der Waals surface area contributed by atoms with E-state index in [4.69, 9.17) is 50.6 Å². The third-order valence-corrected chi connectivity index (χ3v) is 7.85. The topological polar surface area (TPSA) is 282 Å². The van der Waals surface area contributed by atoms with Crippen LogP contribution in [0.2, 0.25) is 0 Å². The zero-order valence-electron chi connectivity index (χ0n) is 14.8. The molecule has 0 atom stereocenters. The first-order valence-electron chi connectivity index (χ1n) is 7.79. The van der Waals surface area contributed by atoms with E-state index < -0.39 is 66.1 Å². The fourth-order valence-corrected chi connectivity index (χ4v) is 7.73. The molecular formula is C10H28N2O12P4. The molecule has 0 aliphatic heterocycles. The van der Waals surface area contributed by atoms with Gasteiger partial charge >= 0.3 is 30.4 Å². The lowest BCUT2D eigenvalue weighted by atomic mass is 9.93. The van der Waals surface area contributed by atoms with Crippen LogP contribution in [0.25, 0.3) is 0 Å². The van der Waals surface area contributed by atoms with E-state index in [-0.39, 0.29) is 25.7 Å². The summed E-state index contributed by atoms with van der Waals surface area (Å²) >= 11 is 0. The second-order valence-electron chi connectivity index (χ2n) is 7.22. The van der Waals surface area contributed by atoms with Gasteiger partial charge in [0.05, 0.1) is 24.6 Å². The molecule has 0 fully saturated rings. The number of rotatable bonds is 13.